The Morgan fingerprint density at radius 2 is 1.91 bits per heavy atom. The summed E-state index contributed by atoms with van der Waals surface area (Å²) in [7, 11) is 1.68. The molecule has 0 spiro atoms. The van der Waals surface area contributed by atoms with Crippen LogP contribution in [0.4, 0.5) is 0 Å². The van der Waals surface area contributed by atoms with E-state index in [1.807, 2.05) is 6.92 Å². The van der Waals surface area contributed by atoms with Crippen LogP contribution < -0.4 is 0 Å². The molecular formula is C9H20O2. The van der Waals surface area contributed by atoms with Gasteiger partial charge in [-0.3, -0.25) is 0 Å². The van der Waals surface area contributed by atoms with E-state index < -0.39 is 0 Å². The maximum Gasteiger partial charge on any atom is 0.0590 e. The van der Waals surface area contributed by atoms with Crippen molar-refractivity contribution in [1.82, 2.24) is 0 Å². The van der Waals surface area contributed by atoms with E-state index in [2.05, 4.69) is 13.8 Å². The molecule has 0 fully saturated rings. The number of aliphatic hydroxyl groups is 1. The molecule has 68 valence electrons. The molecule has 0 bridgehead atoms. The van der Waals surface area contributed by atoms with Crippen LogP contribution in [0, 0.1) is 11.8 Å². The normalized spacial score (nSPS) is 16.9. The summed E-state index contributed by atoms with van der Waals surface area (Å²) in [5, 5.41) is 9.54. The summed E-state index contributed by atoms with van der Waals surface area (Å²) >= 11 is 0. The summed E-state index contributed by atoms with van der Waals surface area (Å²) in [6, 6.07) is 0. The number of ether oxygens (including phenoxy) is 1. The molecule has 0 saturated heterocycles. The first-order chi connectivity index (χ1) is 5.13. The summed E-state index contributed by atoms with van der Waals surface area (Å²) in [5.41, 5.74) is 0. The van der Waals surface area contributed by atoms with Gasteiger partial charge in [-0.05, 0) is 12.3 Å². The summed E-state index contributed by atoms with van der Waals surface area (Å²) in [6.07, 6.45) is 0.599. The van der Waals surface area contributed by atoms with Crippen molar-refractivity contribution >= 4 is 0 Å². The third kappa shape index (κ3) is 3.73. The molecule has 0 aromatic rings. The predicted octanol–water partition coefficient (Wildman–Crippen LogP) is 1.68. The van der Waals surface area contributed by atoms with Gasteiger partial charge in [-0.1, -0.05) is 20.8 Å². The Balaban J connectivity index is 3.87. The monoisotopic (exact) mass is 160 g/mol. The highest BCUT2D eigenvalue weighted by atomic mass is 16.5. The average Bonchev–Trinajstić information content (AvgIpc) is 1.98. The van der Waals surface area contributed by atoms with Crippen LogP contribution in [0.3, 0.4) is 0 Å². The van der Waals surface area contributed by atoms with Gasteiger partial charge >= 0.3 is 0 Å². The smallest absolute Gasteiger partial charge is 0.0590 e. The Labute approximate surface area is 69.6 Å². The van der Waals surface area contributed by atoms with E-state index in [0.29, 0.717) is 12.5 Å². The zero-order valence-corrected chi connectivity index (χ0v) is 8.00. The van der Waals surface area contributed by atoms with E-state index >= 15 is 0 Å². The van der Waals surface area contributed by atoms with E-state index in [4.69, 9.17) is 4.74 Å². The molecule has 11 heavy (non-hydrogen) atoms. The molecule has 2 atom stereocenters. The SMILES string of the molecule is CCC(O)C(COC)C(C)C. The molecule has 2 heteroatoms. The highest BCUT2D eigenvalue weighted by Crippen LogP contribution is 2.17. The van der Waals surface area contributed by atoms with Gasteiger partial charge in [0.25, 0.3) is 0 Å². The van der Waals surface area contributed by atoms with Crippen molar-refractivity contribution < 1.29 is 9.84 Å². The molecule has 0 aliphatic heterocycles. The molecule has 0 amide bonds. The van der Waals surface area contributed by atoms with Gasteiger partial charge in [0.2, 0.25) is 0 Å². The van der Waals surface area contributed by atoms with Crippen molar-refractivity contribution in [2.45, 2.75) is 33.3 Å². The van der Waals surface area contributed by atoms with Crippen molar-refractivity contribution in [2.24, 2.45) is 11.8 Å². The Kier molecular flexibility index (Phi) is 5.51. The molecule has 1 N–H and O–H groups in total. The van der Waals surface area contributed by atoms with E-state index in [1.165, 1.54) is 0 Å². The van der Waals surface area contributed by atoms with Crippen molar-refractivity contribution in [2.75, 3.05) is 13.7 Å². The lowest BCUT2D eigenvalue weighted by molar-refractivity contribution is 0.0226. The average molecular weight is 160 g/mol. The number of hydrogen-bond donors (Lipinski definition) is 1. The Hall–Kier alpha value is -0.0800. The molecule has 0 saturated carbocycles. The summed E-state index contributed by atoms with van der Waals surface area (Å²) in [4.78, 5) is 0. The van der Waals surface area contributed by atoms with Gasteiger partial charge in [0.1, 0.15) is 0 Å². The molecule has 2 unspecified atom stereocenters. The van der Waals surface area contributed by atoms with Gasteiger partial charge in [-0.2, -0.15) is 0 Å². The lowest BCUT2D eigenvalue weighted by atomic mass is 9.90. The first-order valence-electron chi connectivity index (χ1n) is 4.30. The van der Waals surface area contributed by atoms with Gasteiger partial charge in [0.15, 0.2) is 0 Å². The number of aliphatic hydroxyl groups excluding tert-OH is 1. The van der Waals surface area contributed by atoms with Crippen LogP contribution in [0.2, 0.25) is 0 Å². The van der Waals surface area contributed by atoms with Gasteiger partial charge in [-0.25, -0.2) is 0 Å². The minimum atomic E-state index is -0.213. The van der Waals surface area contributed by atoms with Crippen LogP contribution in [0.1, 0.15) is 27.2 Å². The van der Waals surface area contributed by atoms with Gasteiger partial charge < -0.3 is 9.84 Å². The molecule has 0 heterocycles. The number of methoxy groups -OCH3 is 1. The fourth-order valence-corrected chi connectivity index (χ4v) is 1.24. The maximum atomic E-state index is 9.54. The highest BCUT2D eigenvalue weighted by Gasteiger charge is 2.20. The molecular weight excluding hydrogens is 140 g/mol. The zero-order valence-electron chi connectivity index (χ0n) is 8.00. The lowest BCUT2D eigenvalue weighted by Gasteiger charge is -2.24. The highest BCUT2D eigenvalue weighted by molar-refractivity contribution is 4.69. The predicted molar refractivity (Wildman–Crippen MR) is 46.5 cm³/mol. The van der Waals surface area contributed by atoms with E-state index in [0.717, 1.165) is 6.42 Å². The molecule has 2 nitrogen and oxygen atoms in total. The van der Waals surface area contributed by atoms with Crippen molar-refractivity contribution in [3.05, 3.63) is 0 Å². The second-order valence-corrected chi connectivity index (χ2v) is 3.34. The quantitative estimate of drug-likeness (QED) is 0.663. The van der Waals surface area contributed by atoms with Gasteiger partial charge in [0, 0.05) is 13.0 Å². The fraction of sp³-hybridized carbons (Fsp3) is 1.00. The van der Waals surface area contributed by atoms with E-state index in [9.17, 15) is 5.11 Å². The lowest BCUT2D eigenvalue weighted by Crippen LogP contribution is -2.28. The molecule has 0 aliphatic rings. The molecule has 0 aliphatic carbocycles. The van der Waals surface area contributed by atoms with Crippen LogP contribution in [-0.2, 0) is 4.74 Å². The van der Waals surface area contributed by atoms with Crippen LogP contribution in [0.5, 0.6) is 0 Å². The topological polar surface area (TPSA) is 29.5 Å². The van der Waals surface area contributed by atoms with Crippen LogP contribution in [-0.4, -0.2) is 24.9 Å². The first-order valence-corrected chi connectivity index (χ1v) is 4.30. The summed E-state index contributed by atoms with van der Waals surface area (Å²) in [6.45, 7) is 6.88. The minimum Gasteiger partial charge on any atom is -0.393 e. The summed E-state index contributed by atoms with van der Waals surface area (Å²) < 4.78 is 5.03. The molecule has 0 aromatic heterocycles. The van der Waals surface area contributed by atoms with Gasteiger partial charge in [0.05, 0.1) is 12.7 Å². The maximum absolute atomic E-state index is 9.54. The Morgan fingerprint density at radius 1 is 1.36 bits per heavy atom. The summed E-state index contributed by atoms with van der Waals surface area (Å²) in [5.74, 6) is 0.773. The van der Waals surface area contributed by atoms with E-state index in [-0.39, 0.29) is 12.0 Å². The van der Waals surface area contributed by atoms with Crippen LogP contribution in [0.25, 0.3) is 0 Å². The standard InChI is InChI=1S/C9H20O2/c1-5-9(10)8(6-11-4)7(2)3/h7-10H,5-6H2,1-4H3. The van der Waals surface area contributed by atoms with Crippen molar-refractivity contribution in [3.8, 4) is 0 Å². The second kappa shape index (κ2) is 5.56. The molecule has 0 radical (unpaired) electrons. The zero-order chi connectivity index (χ0) is 8.85. The molecule has 0 aromatic carbocycles. The van der Waals surface area contributed by atoms with Crippen molar-refractivity contribution in [1.29, 1.82) is 0 Å². The van der Waals surface area contributed by atoms with Crippen LogP contribution >= 0.6 is 0 Å². The third-order valence-electron chi connectivity index (χ3n) is 2.13. The fourth-order valence-electron chi connectivity index (χ4n) is 1.24. The van der Waals surface area contributed by atoms with Crippen molar-refractivity contribution in [3.63, 3.8) is 0 Å². The van der Waals surface area contributed by atoms with Crippen LogP contribution in [0.15, 0.2) is 0 Å². The molecule has 0 rings (SSSR count). The third-order valence-corrected chi connectivity index (χ3v) is 2.13. The number of rotatable bonds is 5. The second-order valence-electron chi connectivity index (χ2n) is 3.34. The Morgan fingerprint density at radius 3 is 2.18 bits per heavy atom. The van der Waals surface area contributed by atoms with E-state index in [1.54, 1.807) is 7.11 Å². The van der Waals surface area contributed by atoms with Gasteiger partial charge in [-0.15, -0.1) is 0 Å². The Bertz CT molecular complexity index is 91.6. The number of hydrogen-bond acceptors (Lipinski definition) is 2. The largest absolute Gasteiger partial charge is 0.393 e. The first kappa shape index (κ1) is 10.9. The minimum absolute atomic E-state index is 0.213.